The highest BCUT2D eigenvalue weighted by atomic mass is 35.5. The molecule has 1 aromatic rings. The summed E-state index contributed by atoms with van der Waals surface area (Å²) in [6, 6.07) is 3.78. The van der Waals surface area contributed by atoms with Gasteiger partial charge in [-0.1, -0.05) is 18.5 Å². The van der Waals surface area contributed by atoms with Crippen LogP contribution in [0.2, 0.25) is 5.02 Å². The van der Waals surface area contributed by atoms with Crippen LogP contribution in [-0.4, -0.2) is 23.6 Å². The quantitative estimate of drug-likeness (QED) is 0.830. The van der Waals surface area contributed by atoms with Gasteiger partial charge < -0.3 is 16.2 Å². The summed E-state index contributed by atoms with van der Waals surface area (Å²) in [4.78, 5) is 25.4. The van der Waals surface area contributed by atoms with Gasteiger partial charge in [0.1, 0.15) is 11.6 Å². The summed E-state index contributed by atoms with van der Waals surface area (Å²) in [5, 5.41) is 0.428. The van der Waals surface area contributed by atoms with Gasteiger partial charge in [-0.05, 0) is 45.4 Å². The first kappa shape index (κ1) is 18.1. The minimum Gasteiger partial charge on any atom is -0.443 e. The lowest BCUT2D eigenvalue weighted by Crippen LogP contribution is -2.49. The Morgan fingerprint density at radius 3 is 2.36 bits per heavy atom. The van der Waals surface area contributed by atoms with E-state index < -0.39 is 23.6 Å². The SMILES string of the molecule is CC[C@@H](C(N)=O)N(C(=O)OC(C)(C)C)c1ccc(Cl)cc1N. The number of ether oxygens (including phenoxy) is 1. The third-order valence-electron chi connectivity index (χ3n) is 2.87. The summed E-state index contributed by atoms with van der Waals surface area (Å²) in [7, 11) is 0. The Labute approximate surface area is 135 Å². The molecule has 0 bridgehead atoms. The van der Waals surface area contributed by atoms with Crippen molar-refractivity contribution < 1.29 is 14.3 Å². The van der Waals surface area contributed by atoms with E-state index in [-0.39, 0.29) is 5.69 Å². The van der Waals surface area contributed by atoms with Gasteiger partial charge in [0.25, 0.3) is 0 Å². The van der Waals surface area contributed by atoms with Crippen molar-refractivity contribution >= 4 is 35.0 Å². The van der Waals surface area contributed by atoms with Gasteiger partial charge in [0.05, 0.1) is 11.4 Å². The maximum absolute atomic E-state index is 12.5. The van der Waals surface area contributed by atoms with E-state index in [1.54, 1.807) is 39.8 Å². The van der Waals surface area contributed by atoms with Gasteiger partial charge in [-0.3, -0.25) is 9.69 Å². The standard InChI is InChI=1S/C15H22ClN3O3/c1-5-11(13(18)20)19(14(21)22-15(2,3)4)12-7-6-9(16)8-10(12)17/h6-8,11H,5,17H2,1-4H3,(H2,18,20)/t11-/m0/s1. The van der Waals surface area contributed by atoms with Crippen molar-refractivity contribution in [3.8, 4) is 0 Å². The molecule has 2 amide bonds. The molecule has 0 aliphatic rings. The summed E-state index contributed by atoms with van der Waals surface area (Å²) in [5.74, 6) is -0.636. The molecular formula is C15H22ClN3O3. The lowest BCUT2D eigenvalue weighted by atomic mass is 10.1. The average Bonchev–Trinajstić information content (AvgIpc) is 2.34. The molecule has 1 aromatic carbocycles. The number of hydrogen-bond donors (Lipinski definition) is 2. The number of rotatable bonds is 4. The van der Waals surface area contributed by atoms with E-state index in [9.17, 15) is 9.59 Å². The van der Waals surface area contributed by atoms with E-state index in [0.29, 0.717) is 17.1 Å². The Bertz CT molecular complexity index is 570. The molecule has 0 aromatic heterocycles. The van der Waals surface area contributed by atoms with Crippen molar-refractivity contribution in [1.82, 2.24) is 0 Å². The number of carbonyl (C=O) groups is 2. The Balaban J connectivity index is 3.33. The Kier molecular flexibility index (Phi) is 5.65. The molecule has 0 radical (unpaired) electrons. The van der Waals surface area contributed by atoms with Crippen LogP contribution in [0.3, 0.4) is 0 Å². The second-order valence-electron chi connectivity index (χ2n) is 5.88. The highest BCUT2D eigenvalue weighted by Crippen LogP contribution is 2.30. The van der Waals surface area contributed by atoms with Crippen molar-refractivity contribution in [2.75, 3.05) is 10.6 Å². The molecule has 0 heterocycles. The summed E-state index contributed by atoms with van der Waals surface area (Å²) < 4.78 is 5.36. The van der Waals surface area contributed by atoms with Crippen LogP contribution in [0.15, 0.2) is 18.2 Å². The fourth-order valence-corrected chi connectivity index (χ4v) is 2.14. The number of anilines is 2. The molecule has 0 saturated carbocycles. The van der Waals surface area contributed by atoms with Crippen LogP contribution in [0.1, 0.15) is 34.1 Å². The number of nitrogens with two attached hydrogens (primary N) is 2. The van der Waals surface area contributed by atoms with Gasteiger partial charge in [-0.15, -0.1) is 0 Å². The van der Waals surface area contributed by atoms with Crippen LogP contribution in [0.25, 0.3) is 0 Å². The molecule has 4 N–H and O–H groups in total. The average molecular weight is 328 g/mol. The first-order valence-corrected chi connectivity index (χ1v) is 7.31. The van der Waals surface area contributed by atoms with E-state index in [1.807, 2.05) is 0 Å². The van der Waals surface area contributed by atoms with E-state index in [2.05, 4.69) is 0 Å². The van der Waals surface area contributed by atoms with Crippen molar-refractivity contribution in [3.05, 3.63) is 23.2 Å². The Morgan fingerprint density at radius 2 is 1.95 bits per heavy atom. The van der Waals surface area contributed by atoms with Crippen molar-refractivity contribution in [2.45, 2.75) is 45.8 Å². The number of carbonyl (C=O) groups excluding carboxylic acids is 2. The van der Waals surface area contributed by atoms with Crippen molar-refractivity contribution in [3.63, 3.8) is 0 Å². The molecule has 0 unspecified atom stereocenters. The third kappa shape index (κ3) is 4.53. The molecular weight excluding hydrogens is 306 g/mol. The lowest BCUT2D eigenvalue weighted by molar-refractivity contribution is -0.119. The topological polar surface area (TPSA) is 98.7 Å². The summed E-state index contributed by atoms with van der Waals surface area (Å²) >= 11 is 5.88. The van der Waals surface area contributed by atoms with E-state index in [1.165, 1.54) is 11.0 Å². The molecule has 0 saturated heterocycles. The molecule has 1 atom stereocenters. The van der Waals surface area contributed by atoms with Gasteiger partial charge in [0.15, 0.2) is 0 Å². The highest BCUT2D eigenvalue weighted by molar-refractivity contribution is 6.31. The molecule has 7 heteroatoms. The normalized spacial score (nSPS) is 12.6. The molecule has 0 aliphatic heterocycles. The van der Waals surface area contributed by atoms with Gasteiger partial charge in [0.2, 0.25) is 5.91 Å². The molecule has 0 aliphatic carbocycles. The van der Waals surface area contributed by atoms with Crippen LogP contribution >= 0.6 is 11.6 Å². The zero-order valence-electron chi connectivity index (χ0n) is 13.2. The monoisotopic (exact) mass is 327 g/mol. The predicted molar refractivity (Wildman–Crippen MR) is 87.9 cm³/mol. The van der Waals surface area contributed by atoms with Gasteiger partial charge in [0, 0.05) is 5.02 Å². The van der Waals surface area contributed by atoms with Gasteiger partial charge in [-0.2, -0.15) is 0 Å². The van der Waals surface area contributed by atoms with Crippen molar-refractivity contribution in [2.24, 2.45) is 5.73 Å². The lowest BCUT2D eigenvalue weighted by Gasteiger charge is -2.32. The second kappa shape index (κ2) is 6.87. The van der Waals surface area contributed by atoms with Crippen LogP contribution in [0, 0.1) is 0 Å². The van der Waals surface area contributed by atoms with E-state index >= 15 is 0 Å². The van der Waals surface area contributed by atoms with Crippen LogP contribution in [-0.2, 0) is 9.53 Å². The number of primary amides is 1. The van der Waals surface area contributed by atoms with Crippen molar-refractivity contribution in [1.29, 1.82) is 0 Å². The summed E-state index contributed by atoms with van der Waals surface area (Å²) in [6.07, 6.45) is -0.358. The summed E-state index contributed by atoms with van der Waals surface area (Å²) in [6.45, 7) is 6.96. The zero-order valence-corrected chi connectivity index (χ0v) is 14.0. The van der Waals surface area contributed by atoms with E-state index in [0.717, 1.165) is 0 Å². The Morgan fingerprint density at radius 1 is 1.36 bits per heavy atom. The molecule has 0 fully saturated rings. The maximum atomic E-state index is 12.5. The van der Waals surface area contributed by atoms with Crippen LogP contribution in [0.5, 0.6) is 0 Å². The fourth-order valence-electron chi connectivity index (χ4n) is 1.96. The van der Waals surface area contributed by atoms with Crippen LogP contribution in [0.4, 0.5) is 16.2 Å². The minimum absolute atomic E-state index is 0.262. The number of benzene rings is 1. The smallest absolute Gasteiger partial charge is 0.415 e. The third-order valence-corrected chi connectivity index (χ3v) is 3.10. The fraction of sp³-hybridized carbons (Fsp3) is 0.467. The number of hydrogen-bond acceptors (Lipinski definition) is 4. The number of nitrogen functional groups attached to an aromatic ring is 1. The largest absolute Gasteiger partial charge is 0.443 e. The van der Waals surface area contributed by atoms with Gasteiger partial charge in [-0.25, -0.2) is 4.79 Å². The molecule has 6 nitrogen and oxygen atoms in total. The van der Waals surface area contributed by atoms with Gasteiger partial charge >= 0.3 is 6.09 Å². The molecule has 0 spiro atoms. The Hall–Kier alpha value is -1.95. The highest BCUT2D eigenvalue weighted by Gasteiger charge is 2.33. The molecule has 22 heavy (non-hydrogen) atoms. The maximum Gasteiger partial charge on any atom is 0.415 e. The number of amides is 2. The first-order chi connectivity index (χ1) is 10.1. The number of nitrogens with zero attached hydrogens (tertiary/aromatic N) is 1. The molecule has 122 valence electrons. The molecule has 1 rings (SSSR count). The summed E-state index contributed by atoms with van der Waals surface area (Å²) in [5.41, 5.74) is 11.2. The second-order valence-corrected chi connectivity index (χ2v) is 6.32. The van der Waals surface area contributed by atoms with E-state index in [4.69, 9.17) is 27.8 Å². The van der Waals surface area contributed by atoms with Crippen LogP contribution < -0.4 is 16.4 Å². The first-order valence-electron chi connectivity index (χ1n) is 6.93. The predicted octanol–water partition coefficient (Wildman–Crippen LogP) is 2.93. The zero-order chi connectivity index (χ0) is 17.1. The minimum atomic E-state index is -0.863. The number of halogens is 1.